The number of nitrogens with zero attached hydrogens (tertiary/aromatic N) is 3. The molecular weight excluding hydrogens is 350 g/mol. The zero-order valence-corrected chi connectivity index (χ0v) is 15.7. The van der Waals surface area contributed by atoms with Crippen molar-refractivity contribution in [1.82, 2.24) is 9.99 Å². The lowest BCUT2D eigenvalue weighted by molar-refractivity contribution is 0.0844. The van der Waals surface area contributed by atoms with Gasteiger partial charge in [0, 0.05) is 24.4 Å². The molecular formula is C23H19N3O2. The van der Waals surface area contributed by atoms with Crippen LogP contribution in [0, 0.1) is 0 Å². The maximum absolute atomic E-state index is 13.3. The van der Waals surface area contributed by atoms with Gasteiger partial charge in [-0.25, -0.2) is 9.99 Å². The Bertz CT molecular complexity index is 1080. The molecule has 0 fully saturated rings. The molecule has 0 radical (unpaired) electrons. The lowest BCUT2D eigenvalue weighted by atomic mass is 10.0. The van der Waals surface area contributed by atoms with Gasteiger partial charge in [-0.05, 0) is 36.8 Å². The topological polar surface area (TPSA) is 53.5 Å². The number of fused-ring (bicyclic) bond motifs is 1. The molecule has 1 aliphatic rings. The van der Waals surface area contributed by atoms with E-state index in [-0.39, 0.29) is 11.7 Å². The zero-order chi connectivity index (χ0) is 19.7. The second-order valence-electron chi connectivity index (χ2n) is 6.59. The fourth-order valence-corrected chi connectivity index (χ4v) is 3.29. The van der Waals surface area contributed by atoms with Gasteiger partial charge in [-0.1, -0.05) is 48.5 Å². The van der Waals surface area contributed by atoms with Crippen molar-refractivity contribution in [3.63, 3.8) is 0 Å². The third-order valence-electron chi connectivity index (χ3n) is 4.74. The van der Waals surface area contributed by atoms with E-state index in [0.717, 1.165) is 16.8 Å². The highest BCUT2D eigenvalue weighted by molar-refractivity contribution is 6.13. The van der Waals surface area contributed by atoms with E-state index in [1.165, 1.54) is 6.92 Å². The van der Waals surface area contributed by atoms with Crippen molar-refractivity contribution >= 4 is 29.3 Å². The van der Waals surface area contributed by atoms with Gasteiger partial charge >= 0.3 is 0 Å². The second kappa shape index (κ2) is 7.12. The molecule has 1 aliphatic heterocycles. The second-order valence-corrected chi connectivity index (χ2v) is 6.59. The summed E-state index contributed by atoms with van der Waals surface area (Å²) in [4.78, 5) is 29.5. The van der Waals surface area contributed by atoms with E-state index in [0.29, 0.717) is 16.9 Å². The first-order valence-corrected chi connectivity index (χ1v) is 8.97. The number of Topliss-reactive ketones (excluding diaryl/α,β-unsaturated/α-hetero) is 1. The van der Waals surface area contributed by atoms with Crippen LogP contribution < -0.4 is 5.01 Å². The third-order valence-corrected chi connectivity index (χ3v) is 4.74. The van der Waals surface area contributed by atoms with Crippen molar-refractivity contribution in [3.8, 4) is 0 Å². The van der Waals surface area contributed by atoms with Crippen LogP contribution in [0.15, 0.2) is 72.9 Å². The fraction of sp³-hybridized carbons (Fsp3) is 0.0870. The summed E-state index contributed by atoms with van der Waals surface area (Å²) in [6.45, 7) is 1.50. The van der Waals surface area contributed by atoms with Gasteiger partial charge in [0.05, 0.1) is 11.3 Å². The summed E-state index contributed by atoms with van der Waals surface area (Å²) in [6.07, 6.45) is 3.66. The van der Waals surface area contributed by atoms with Gasteiger partial charge in [-0.3, -0.25) is 14.6 Å². The average Bonchev–Trinajstić information content (AvgIpc) is 3.00. The molecule has 2 aromatic carbocycles. The third kappa shape index (κ3) is 3.07. The predicted octanol–water partition coefficient (Wildman–Crippen LogP) is 4.29. The summed E-state index contributed by atoms with van der Waals surface area (Å²) >= 11 is 0. The molecule has 1 aromatic heterocycles. The van der Waals surface area contributed by atoms with Crippen LogP contribution in [0.1, 0.15) is 38.8 Å². The number of hydrogen-bond acceptors (Lipinski definition) is 4. The van der Waals surface area contributed by atoms with E-state index in [1.807, 2.05) is 60.7 Å². The Morgan fingerprint density at radius 1 is 1.00 bits per heavy atom. The molecule has 0 aliphatic carbocycles. The van der Waals surface area contributed by atoms with Crippen LogP contribution in [0.4, 0.5) is 5.82 Å². The Kier molecular flexibility index (Phi) is 4.49. The number of pyridine rings is 1. The van der Waals surface area contributed by atoms with E-state index in [2.05, 4.69) is 4.98 Å². The molecule has 138 valence electrons. The molecule has 0 spiro atoms. The van der Waals surface area contributed by atoms with E-state index in [9.17, 15) is 9.59 Å². The van der Waals surface area contributed by atoms with Crippen LogP contribution in [0.25, 0.3) is 11.8 Å². The number of hydrazine groups is 1. The average molecular weight is 369 g/mol. The Hall–Kier alpha value is -3.73. The fourth-order valence-electron chi connectivity index (χ4n) is 3.29. The standard InChI is InChI=1S/C23H19N3O2/c1-16(27)18-11-12-19-20(15-18)23(28)26(25(2)22-10-6-7-13-24-22)21(19)14-17-8-4-3-5-9-17/h3-15H,1-2H3. The summed E-state index contributed by atoms with van der Waals surface area (Å²) in [7, 11) is 1.80. The maximum atomic E-state index is 13.3. The largest absolute Gasteiger partial charge is 0.295 e. The number of aromatic nitrogens is 1. The van der Waals surface area contributed by atoms with E-state index in [1.54, 1.807) is 35.4 Å². The van der Waals surface area contributed by atoms with Gasteiger partial charge in [0.2, 0.25) is 0 Å². The smallest absolute Gasteiger partial charge is 0.277 e. The van der Waals surface area contributed by atoms with Crippen molar-refractivity contribution in [2.24, 2.45) is 0 Å². The van der Waals surface area contributed by atoms with Crippen molar-refractivity contribution < 1.29 is 9.59 Å². The molecule has 3 aromatic rings. The number of carbonyl (C=O) groups is 2. The van der Waals surface area contributed by atoms with Crippen LogP contribution in [0.3, 0.4) is 0 Å². The Morgan fingerprint density at radius 3 is 2.43 bits per heavy atom. The molecule has 1 amide bonds. The van der Waals surface area contributed by atoms with Crippen LogP contribution >= 0.6 is 0 Å². The predicted molar refractivity (Wildman–Crippen MR) is 110 cm³/mol. The first-order chi connectivity index (χ1) is 13.6. The molecule has 2 heterocycles. The van der Waals surface area contributed by atoms with E-state index < -0.39 is 0 Å². The van der Waals surface area contributed by atoms with Gasteiger partial charge in [0.15, 0.2) is 5.78 Å². The van der Waals surface area contributed by atoms with Crippen LogP contribution in [-0.4, -0.2) is 28.7 Å². The van der Waals surface area contributed by atoms with Crippen LogP contribution in [-0.2, 0) is 0 Å². The minimum atomic E-state index is -0.187. The quantitative estimate of drug-likeness (QED) is 0.644. The summed E-state index contributed by atoms with van der Waals surface area (Å²) in [5.41, 5.74) is 3.55. The summed E-state index contributed by atoms with van der Waals surface area (Å²) < 4.78 is 0. The van der Waals surface area contributed by atoms with E-state index >= 15 is 0 Å². The number of rotatable bonds is 4. The highest BCUT2D eigenvalue weighted by Crippen LogP contribution is 2.36. The first kappa shape index (κ1) is 17.7. The molecule has 5 heteroatoms. The molecule has 0 unspecified atom stereocenters. The molecule has 0 saturated heterocycles. The number of carbonyl (C=O) groups excluding carboxylic acids is 2. The summed E-state index contributed by atoms with van der Waals surface area (Å²) in [5.74, 6) is 0.392. The maximum Gasteiger partial charge on any atom is 0.277 e. The molecule has 28 heavy (non-hydrogen) atoms. The number of amides is 1. The summed E-state index contributed by atoms with van der Waals surface area (Å²) in [5, 5.41) is 3.33. The number of ketones is 1. The number of anilines is 1. The molecule has 5 nitrogen and oxygen atoms in total. The van der Waals surface area contributed by atoms with Crippen LogP contribution in [0.2, 0.25) is 0 Å². The van der Waals surface area contributed by atoms with Gasteiger partial charge in [-0.15, -0.1) is 0 Å². The lowest BCUT2D eigenvalue weighted by Gasteiger charge is -2.30. The highest BCUT2D eigenvalue weighted by atomic mass is 16.2. The number of hydrogen-bond donors (Lipinski definition) is 0. The molecule has 0 bridgehead atoms. The molecule has 4 rings (SSSR count). The molecule has 0 saturated carbocycles. The Labute approximate surface area is 163 Å². The zero-order valence-electron chi connectivity index (χ0n) is 15.7. The minimum absolute atomic E-state index is 0.0688. The van der Waals surface area contributed by atoms with Gasteiger partial charge in [-0.2, -0.15) is 0 Å². The van der Waals surface area contributed by atoms with Gasteiger partial charge in [0.25, 0.3) is 5.91 Å². The van der Waals surface area contributed by atoms with Crippen molar-refractivity contribution in [3.05, 3.63) is 95.2 Å². The number of benzene rings is 2. The summed E-state index contributed by atoms with van der Waals surface area (Å²) in [6, 6.07) is 20.7. The SMILES string of the molecule is CC(=O)c1ccc2c(c1)C(=O)N(N(C)c1ccccn1)C2=Cc1ccccc1. The minimum Gasteiger partial charge on any atom is -0.295 e. The Balaban J connectivity index is 1.87. The van der Waals surface area contributed by atoms with Gasteiger partial charge in [0.1, 0.15) is 5.82 Å². The van der Waals surface area contributed by atoms with Crippen molar-refractivity contribution in [1.29, 1.82) is 0 Å². The molecule has 0 N–H and O–H groups in total. The van der Waals surface area contributed by atoms with Crippen molar-refractivity contribution in [2.45, 2.75) is 6.92 Å². The molecule has 0 atom stereocenters. The normalized spacial score (nSPS) is 14.3. The lowest BCUT2D eigenvalue weighted by Crippen LogP contribution is -2.39. The van der Waals surface area contributed by atoms with Gasteiger partial charge < -0.3 is 0 Å². The van der Waals surface area contributed by atoms with Crippen LogP contribution in [0.5, 0.6) is 0 Å². The first-order valence-electron chi connectivity index (χ1n) is 8.97. The van der Waals surface area contributed by atoms with Crippen molar-refractivity contribution in [2.75, 3.05) is 12.1 Å². The Morgan fingerprint density at radius 2 is 1.75 bits per heavy atom. The highest BCUT2D eigenvalue weighted by Gasteiger charge is 2.36. The van der Waals surface area contributed by atoms with E-state index in [4.69, 9.17) is 0 Å². The monoisotopic (exact) mass is 369 g/mol.